The summed E-state index contributed by atoms with van der Waals surface area (Å²) >= 11 is 8.05. The number of fused-ring (bicyclic) bond motifs is 1. The Kier molecular flexibility index (Phi) is 7.32. The van der Waals surface area contributed by atoms with E-state index in [4.69, 9.17) is 11.6 Å². The number of hydrogen-bond donors (Lipinski definition) is 1. The summed E-state index contributed by atoms with van der Waals surface area (Å²) in [7, 11) is 0. The third kappa shape index (κ3) is 4.85. The van der Waals surface area contributed by atoms with Crippen molar-refractivity contribution < 1.29 is 4.79 Å². The fourth-order valence-electron chi connectivity index (χ4n) is 4.37. The number of amides is 1. The standard InChI is InChI=1S/C22H25ClN2OS.ClH/c1-15(26)24-17-7-12-22(20(23)14-17)27-19-9-5-16(6-10-19)21-11-8-18-4-2-3-13-25(18)21;/h5-7,9-10,12,14,18,21H,2-4,8,11,13H2,1H3,(H,24,26);1H. The van der Waals surface area contributed by atoms with Crippen molar-refractivity contribution in [3.63, 3.8) is 0 Å². The van der Waals surface area contributed by atoms with Crippen LogP contribution in [0.5, 0.6) is 0 Å². The maximum Gasteiger partial charge on any atom is 0.221 e. The Morgan fingerprint density at radius 3 is 2.61 bits per heavy atom. The molecule has 4 rings (SSSR count). The number of carbonyl (C=O) groups excluding carboxylic acids is 1. The van der Waals surface area contributed by atoms with Gasteiger partial charge in [-0.05, 0) is 68.1 Å². The molecule has 0 radical (unpaired) electrons. The van der Waals surface area contributed by atoms with Crippen molar-refractivity contribution in [2.24, 2.45) is 0 Å². The van der Waals surface area contributed by atoms with E-state index in [1.165, 1.54) is 56.0 Å². The predicted molar refractivity (Wildman–Crippen MR) is 120 cm³/mol. The van der Waals surface area contributed by atoms with Crippen LogP contribution in [-0.4, -0.2) is 23.4 Å². The average molecular weight is 437 g/mol. The molecule has 0 saturated carbocycles. The smallest absolute Gasteiger partial charge is 0.221 e. The molecule has 2 aliphatic rings. The molecule has 6 heteroatoms. The van der Waals surface area contributed by atoms with Gasteiger partial charge in [-0.15, -0.1) is 12.4 Å². The topological polar surface area (TPSA) is 32.3 Å². The van der Waals surface area contributed by atoms with Crippen molar-refractivity contribution in [2.45, 2.75) is 60.9 Å². The number of hydrogen-bond acceptors (Lipinski definition) is 3. The Morgan fingerprint density at radius 1 is 1.11 bits per heavy atom. The number of piperidine rings is 1. The van der Waals surface area contributed by atoms with Crippen LogP contribution in [0.3, 0.4) is 0 Å². The first-order valence-electron chi connectivity index (χ1n) is 9.71. The number of halogens is 2. The van der Waals surface area contributed by atoms with Gasteiger partial charge in [-0.2, -0.15) is 0 Å². The van der Waals surface area contributed by atoms with E-state index in [0.29, 0.717) is 11.1 Å². The van der Waals surface area contributed by atoms with Gasteiger partial charge in [0.25, 0.3) is 0 Å². The van der Waals surface area contributed by atoms with Crippen LogP contribution in [0.15, 0.2) is 52.3 Å². The second-order valence-electron chi connectivity index (χ2n) is 7.48. The number of benzene rings is 2. The number of anilines is 1. The molecule has 0 aromatic heterocycles. The van der Waals surface area contributed by atoms with Crippen LogP contribution in [0, 0.1) is 0 Å². The van der Waals surface area contributed by atoms with Crippen LogP contribution in [0.1, 0.15) is 50.6 Å². The molecule has 2 aliphatic heterocycles. The first-order valence-corrected chi connectivity index (χ1v) is 10.9. The molecule has 1 amide bonds. The number of nitrogens with zero attached hydrogens (tertiary/aromatic N) is 1. The number of carbonyl (C=O) groups is 1. The van der Waals surface area contributed by atoms with Gasteiger partial charge in [0.2, 0.25) is 5.91 Å². The third-order valence-corrected chi connectivity index (χ3v) is 7.10. The first-order chi connectivity index (χ1) is 13.1. The fraction of sp³-hybridized carbons (Fsp3) is 0.409. The maximum atomic E-state index is 11.2. The highest BCUT2D eigenvalue weighted by Crippen LogP contribution is 2.41. The zero-order chi connectivity index (χ0) is 18.8. The highest BCUT2D eigenvalue weighted by atomic mass is 35.5. The van der Waals surface area contributed by atoms with E-state index >= 15 is 0 Å². The zero-order valence-corrected chi connectivity index (χ0v) is 18.4. The largest absolute Gasteiger partial charge is 0.326 e. The summed E-state index contributed by atoms with van der Waals surface area (Å²) in [4.78, 5) is 16.1. The summed E-state index contributed by atoms with van der Waals surface area (Å²) in [5.74, 6) is -0.0927. The summed E-state index contributed by atoms with van der Waals surface area (Å²) in [6.07, 6.45) is 6.74. The van der Waals surface area contributed by atoms with E-state index in [2.05, 4.69) is 34.5 Å². The number of nitrogens with one attached hydrogen (secondary N) is 1. The van der Waals surface area contributed by atoms with Crippen LogP contribution >= 0.6 is 35.8 Å². The molecule has 1 N–H and O–H groups in total. The zero-order valence-electron chi connectivity index (χ0n) is 16.0. The van der Waals surface area contributed by atoms with E-state index < -0.39 is 0 Å². The molecule has 150 valence electrons. The Morgan fingerprint density at radius 2 is 1.89 bits per heavy atom. The van der Waals surface area contributed by atoms with Gasteiger partial charge in [-0.25, -0.2) is 0 Å². The van der Waals surface area contributed by atoms with Crippen molar-refractivity contribution in [3.05, 3.63) is 53.1 Å². The van der Waals surface area contributed by atoms with Gasteiger partial charge in [0.15, 0.2) is 0 Å². The molecule has 3 nitrogen and oxygen atoms in total. The Bertz CT molecular complexity index is 828. The van der Waals surface area contributed by atoms with Crippen LogP contribution in [0.4, 0.5) is 5.69 Å². The van der Waals surface area contributed by atoms with Gasteiger partial charge < -0.3 is 5.32 Å². The van der Waals surface area contributed by atoms with Crippen LogP contribution in [-0.2, 0) is 4.79 Å². The molecular formula is C22H26Cl2N2OS. The third-order valence-electron chi connectivity index (χ3n) is 5.59. The van der Waals surface area contributed by atoms with Gasteiger partial charge in [0.05, 0.1) is 5.02 Å². The molecule has 2 heterocycles. The second-order valence-corrected chi connectivity index (χ2v) is 9.00. The van der Waals surface area contributed by atoms with Crippen molar-refractivity contribution in [1.82, 2.24) is 4.90 Å². The van der Waals surface area contributed by atoms with Crippen LogP contribution in [0.25, 0.3) is 0 Å². The summed E-state index contributed by atoms with van der Waals surface area (Å²) in [6, 6.07) is 16.0. The van der Waals surface area contributed by atoms with E-state index in [1.54, 1.807) is 17.8 Å². The van der Waals surface area contributed by atoms with E-state index in [9.17, 15) is 4.79 Å². The number of rotatable bonds is 4. The van der Waals surface area contributed by atoms with E-state index in [-0.39, 0.29) is 18.3 Å². The molecule has 2 atom stereocenters. The lowest BCUT2D eigenvalue weighted by Gasteiger charge is -2.34. The second kappa shape index (κ2) is 9.53. The van der Waals surface area contributed by atoms with Crippen molar-refractivity contribution in [3.8, 4) is 0 Å². The summed E-state index contributed by atoms with van der Waals surface area (Å²) < 4.78 is 0. The lowest BCUT2D eigenvalue weighted by atomic mass is 10.0. The van der Waals surface area contributed by atoms with Gasteiger partial charge in [0.1, 0.15) is 0 Å². The summed E-state index contributed by atoms with van der Waals surface area (Å²) in [6.45, 7) is 2.75. The van der Waals surface area contributed by atoms with Crippen molar-refractivity contribution >= 4 is 47.4 Å². The molecule has 2 aromatic rings. The molecule has 28 heavy (non-hydrogen) atoms. The Balaban J connectivity index is 0.00000225. The highest BCUT2D eigenvalue weighted by molar-refractivity contribution is 7.99. The molecule has 0 bridgehead atoms. The van der Waals surface area contributed by atoms with Crippen LogP contribution < -0.4 is 5.32 Å². The van der Waals surface area contributed by atoms with Gasteiger partial charge in [0, 0.05) is 34.5 Å². The minimum atomic E-state index is -0.0927. The fourth-order valence-corrected chi connectivity index (χ4v) is 5.48. The van der Waals surface area contributed by atoms with Gasteiger partial charge >= 0.3 is 0 Å². The van der Waals surface area contributed by atoms with Crippen molar-refractivity contribution in [1.29, 1.82) is 0 Å². The molecule has 2 unspecified atom stereocenters. The SMILES string of the molecule is CC(=O)Nc1ccc(Sc2ccc(C3CCC4CCCCN43)cc2)c(Cl)c1.Cl. The summed E-state index contributed by atoms with van der Waals surface area (Å²) in [5, 5.41) is 3.42. The Hall–Kier alpha value is -1.20. The van der Waals surface area contributed by atoms with E-state index in [0.717, 1.165) is 16.6 Å². The predicted octanol–water partition coefficient (Wildman–Crippen LogP) is 6.56. The molecule has 2 saturated heterocycles. The monoisotopic (exact) mass is 436 g/mol. The van der Waals surface area contributed by atoms with Crippen LogP contribution in [0.2, 0.25) is 5.02 Å². The highest BCUT2D eigenvalue weighted by Gasteiger charge is 2.35. The van der Waals surface area contributed by atoms with Gasteiger partial charge in [-0.1, -0.05) is 41.9 Å². The quantitative estimate of drug-likeness (QED) is 0.588. The first kappa shape index (κ1) is 21.5. The molecule has 0 spiro atoms. The molecular weight excluding hydrogens is 411 g/mol. The molecule has 2 aromatic carbocycles. The summed E-state index contributed by atoms with van der Waals surface area (Å²) in [5.41, 5.74) is 2.17. The maximum absolute atomic E-state index is 11.2. The normalized spacial score (nSPS) is 21.6. The Labute approximate surface area is 182 Å². The average Bonchev–Trinajstić information content (AvgIpc) is 3.08. The van der Waals surface area contributed by atoms with Gasteiger partial charge in [-0.3, -0.25) is 9.69 Å². The minimum Gasteiger partial charge on any atom is -0.326 e. The molecule has 0 aliphatic carbocycles. The lowest BCUT2D eigenvalue weighted by Crippen LogP contribution is -2.35. The van der Waals surface area contributed by atoms with Crippen molar-refractivity contribution in [2.75, 3.05) is 11.9 Å². The van der Waals surface area contributed by atoms with E-state index in [1.807, 2.05) is 12.1 Å². The molecule has 2 fully saturated rings. The minimum absolute atomic E-state index is 0. The lowest BCUT2D eigenvalue weighted by molar-refractivity contribution is -0.114.